The molecule has 0 saturated carbocycles. The standard InChI is InChI=1S/C18H21N7O2/c1-13-8-21-22-25(13)10-15-16-11-23(6-3-7-24(16)12-20-15)18(26)14-4-5-19-9-17(14)27-2/h4-5,8-9,12H,3,6-7,10-11H2,1-2H3. The maximum absolute atomic E-state index is 13.1. The number of aryl methyl sites for hydroxylation is 2. The fraction of sp³-hybridized carbons (Fsp3) is 0.389. The fourth-order valence-electron chi connectivity index (χ4n) is 3.32. The summed E-state index contributed by atoms with van der Waals surface area (Å²) in [5, 5.41) is 8.03. The molecule has 27 heavy (non-hydrogen) atoms. The number of amides is 1. The van der Waals surface area contributed by atoms with Gasteiger partial charge in [-0.3, -0.25) is 9.78 Å². The van der Waals surface area contributed by atoms with Crippen LogP contribution in [-0.4, -0.2) is 54.0 Å². The van der Waals surface area contributed by atoms with E-state index in [2.05, 4.69) is 24.8 Å². The molecule has 1 amide bonds. The van der Waals surface area contributed by atoms with Crippen LogP contribution in [0.25, 0.3) is 0 Å². The van der Waals surface area contributed by atoms with Crippen molar-refractivity contribution in [3.63, 3.8) is 0 Å². The minimum absolute atomic E-state index is 0.0632. The number of ether oxygens (including phenoxy) is 1. The van der Waals surface area contributed by atoms with Crippen molar-refractivity contribution in [3.05, 3.63) is 53.6 Å². The van der Waals surface area contributed by atoms with Gasteiger partial charge in [0, 0.05) is 19.3 Å². The Balaban J connectivity index is 1.62. The number of hydrogen-bond acceptors (Lipinski definition) is 6. The summed E-state index contributed by atoms with van der Waals surface area (Å²) < 4.78 is 9.24. The Bertz CT molecular complexity index is 962. The number of hydrogen-bond donors (Lipinski definition) is 0. The van der Waals surface area contributed by atoms with Crippen LogP contribution in [0.4, 0.5) is 0 Å². The van der Waals surface area contributed by atoms with Crippen LogP contribution in [0.15, 0.2) is 31.0 Å². The Morgan fingerprint density at radius 3 is 2.96 bits per heavy atom. The lowest BCUT2D eigenvalue weighted by atomic mass is 10.2. The molecule has 0 radical (unpaired) electrons. The topological polar surface area (TPSA) is 91.0 Å². The lowest BCUT2D eigenvalue weighted by Gasteiger charge is -2.21. The Kier molecular flexibility index (Phi) is 4.57. The highest BCUT2D eigenvalue weighted by molar-refractivity contribution is 5.96. The van der Waals surface area contributed by atoms with Crippen molar-refractivity contribution < 1.29 is 9.53 Å². The molecule has 0 aromatic carbocycles. The average molecular weight is 367 g/mol. The van der Waals surface area contributed by atoms with Gasteiger partial charge in [0.1, 0.15) is 5.75 Å². The highest BCUT2D eigenvalue weighted by Crippen LogP contribution is 2.23. The van der Waals surface area contributed by atoms with Crippen molar-refractivity contribution in [2.45, 2.75) is 33.0 Å². The molecule has 4 rings (SSSR count). The van der Waals surface area contributed by atoms with Crippen molar-refractivity contribution in [2.24, 2.45) is 0 Å². The van der Waals surface area contributed by atoms with Gasteiger partial charge in [-0.1, -0.05) is 5.21 Å². The molecule has 1 aliphatic heterocycles. The minimum atomic E-state index is -0.0632. The summed E-state index contributed by atoms with van der Waals surface area (Å²) >= 11 is 0. The van der Waals surface area contributed by atoms with Gasteiger partial charge in [-0.25, -0.2) is 9.67 Å². The normalized spacial score (nSPS) is 13.9. The van der Waals surface area contributed by atoms with E-state index in [0.717, 1.165) is 30.0 Å². The second kappa shape index (κ2) is 7.18. The fourth-order valence-corrected chi connectivity index (χ4v) is 3.32. The number of nitrogens with zero attached hydrogens (tertiary/aromatic N) is 7. The third-order valence-corrected chi connectivity index (χ3v) is 4.83. The third-order valence-electron chi connectivity index (χ3n) is 4.83. The summed E-state index contributed by atoms with van der Waals surface area (Å²) in [6, 6.07) is 1.70. The minimum Gasteiger partial charge on any atom is -0.494 e. The molecule has 0 N–H and O–H groups in total. The zero-order chi connectivity index (χ0) is 18.8. The first-order valence-electron chi connectivity index (χ1n) is 8.82. The molecule has 0 bridgehead atoms. The molecular weight excluding hydrogens is 346 g/mol. The second-order valence-electron chi connectivity index (χ2n) is 6.52. The molecule has 0 spiro atoms. The van der Waals surface area contributed by atoms with Crippen LogP contribution in [-0.2, 0) is 19.6 Å². The monoisotopic (exact) mass is 367 g/mol. The molecular formula is C18H21N7O2. The SMILES string of the molecule is COc1cnccc1C(=O)N1CCCn2cnc(Cn3nncc3C)c2C1. The zero-order valence-electron chi connectivity index (χ0n) is 15.4. The predicted molar refractivity (Wildman–Crippen MR) is 96.2 cm³/mol. The lowest BCUT2D eigenvalue weighted by Crippen LogP contribution is -2.31. The number of aromatic nitrogens is 6. The first kappa shape index (κ1) is 17.2. The van der Waals surface area contributed by atoms with Crippen LogP contribution in [0.2, 0.25) is 0 Å². The summed E-state index contributed by atoms with van der Waals surface area (Å²) in [6.07, 6.45) is 7.60. The average Bonchev–Trinajstić information content (AvgIpc) is 3.19. The van der Waals surface area contributed by atoms with E-state index in [1.165, 1.54) is 0 Å². The van der Waals surface area contributed by atoms with Gasteiger partial charge in [-0.2, -0.15) is 0 Å². The van der Waals surface area contributed by atoms with Gasteiger partial charge in [0.15, 0.2) is 0 Å². The van der Waals surface area contributed by atoms with Crippen LogP contribution >= 0.6 is 0 Å². The number of carbonyl (C=O) groups is 1. The van der Waals surface area contributed by atoms with Crippen LogP contribution < -0.4 is 4.74 Å². The van der Waals surface area contributed by atoms with Gasteiger partial charge < -0.3 is 14.2 Å². The molecule has 1 aliphatic rings. The zero-order valence-corrected chi connectivity index (χ0v) is 15.4. The van der Waals surface area contributed by atoms with E-state index in [1.54, 1.807) is 31.8 Å². The summed E-state index contributed by atoms with van der Waals surface area (Å²) in [7, 11) is 1.55. The molecule has 4 heterocycles. The Hall–Kier alpha value is -3.23. The van der Waals surface area contributed by atoms with E-state index in [9.17, 15) is 4.79 Å². The van der Waals surface area contributed by atoms with Crippen molar-refractivity contribution >= 4 is 5.91 Å². The maximum Gasteiger partial charge on any atom is 0.258 e. The van der Waals surface area contributed by atoms with Gasteiger partial charge in [0.2, 0.25) is 0 Å². The molecule has 0 saturated heterocycles. The van der Waals surface area contributed by atoms with Crippen LogP contribution in [0, 0.1) is 6.92 Å². The Labute approximate surface area is 156 Å². The maximum atomic E-state index is 13.1. The van der Waals surface area contributed by atoms with E-state index in [4.69, 9.17) is 4.74 Å². The van der Waals surface area contributed by atoms with Gasteiger partial charge >= 0.3 is 0 Å². The number of imidazole rings is 1. The summed E-state index contributed by atoms with van der Waals surface area (Å²) in [4.78, 5) is 23.5. The quantitative estimate of drug-likeness (QED) is 0.690. The first-order chi connectivity index (χ1) is 13.2. The van der Waals surface area contributed by atoms with Crippen molar-refractivity contribution in [1.82, 2.24) is 34.4 Å². The van der Waals surface area contributed by atoms with E-state index in [-0.39, 0.29) is 5.91 Å². The second-order valence-corrected chi connectivity index (χ2v) is 6.52. The van der Waals surface area contributed by atoms with E-state index >= 15 is 0 Å². The number of pyridine rings is 1. The Morgan fingerprint density at radius 2 is 2.19 bits per heavy atom. The first-order valence-corrected chi connectivity index (χ1v) is 8.82. The molecule has 0 atom stereocenters. The number of methoxy groups -OCH3 is 1. The molecule has 0 aliphatic carbocycles. The van der Waals surface area contributed by atoms with Gasteiger partial charge in [0.25, 0.3) is 5.91 Å². The molecule has 3 aromatic heterocycles. The number of fused-ring (bicyclic) bond motifs is 1. The van der Waals surface area contributed by atoms with Gasteiger partial charge in [-0.05, 0) is 19.4 Å². The number of carbonyl (C=O) groups excluding carboxylic acids is 1. The molecule has 9 heteroatoms. The highest BCUT2D eigenvalue weighted by atomic mass is 16.5. The smallest absolute Gasteiger partial charge is 0.258 e. The predicted octanol–water partition coefficient (Wildman–Crippen LogP) is 1.28. The largest absolute Gasteiger partial charge is 0.494 e. The highest BCUT2D eigenvalue weighted by Gasteiger charge is 2.25. The van der Waals surface area contributed by atoms with E-state index in [1.807, 2.05) is 22.8 Å². The molecule has 0 unspecified atom stereocenters. The lowest BCUT2D eigenvalue weighted by molar-refractivity contribution is 0.0741. The summed E-state index contributed by atoms with van der Waals surface area (Å²) in [5.74, 6) is 0.422. The van der Waals surface area contributed by atoms with E-state index < -0.39 is 0 Å². The summed E-state index contributed by atoms with van der Waals surface area (Å²) in [6.45, 7) is 4.49. The third kappa shape index (κ3) is 3.27. The summed E-state index contributed by atoms with van der Waals surface area (Å²) in [5.41, 5.74) is 3.43. The van der Waals surface area contributed by atoms with E-state index in [0.29, 0.717) is 30.9 Å². The molecule has 140 valence electrons. The molecule has 3 aromatic rings. The number of rotatable bonds is 4. The van der Waals surface area contributed by atoms with Crippen LogP contribution in [0.3, 0.4) is 0 Å². The van der Waals surface area contributed by atoms with Crippen LogP contribution in [0.1, 0.15) is 33.9 Å². The molecule has 9 nitrogen and oxygen atoms in total. The van der Waals surface area contributed by atoms with Gasteiger partial charge in [-0.15, -0.1) is 5.10 Å². The van der Waals surface area contributed by atoms with Crippen molar-refractivity contribution in [1.29, 1.82) is 0 Å². The van der Waals surface area contributed by atoms with Crippen molar-refractivity contribution in [2.75, 3.05) is 13.7 Å². The van der Waals surface area contributed by atoms with Crippen molar-refractivity contribution in [3.8, 4) is 5.75 Å². The van der Waals surface area contributed by atoms with Crippen LogP contribution in [0.5, 0.6) is 5.75 Å². The van der Waals surface area contributed by atoms with Gasteiger partial charge in [0.05, 0.1) is 61.6 Å². The molecule has 0 fully saturated rings. The Morgan fingerprint density at radius 1 is 1.30 bits per heavy atom.